The van der Waals surface area contributed by atoms with E-state index >= 15 is 0 Å². The zero-order valence-electron chi connectivity index (χ0n) is 11.1. The Hall–Kier alpha value is -1.32. The zero-order chi connectivity index (χ0) is 13.4. The molecule has 0 radical (unpaired) electrons. The van der Waals surface area contributed by atoms with E-state index in [1.165, 1.54) is 0 Å². The van der Waals surface area contributed by atoms with Crippen molar-refractivity contribution in [3.8, 4) is 0 Å². The molecule has 98 valence electrons. The van der Waals surface area contributed by atoms with Crippen LogP contribution in [0.15, 0.2) is 12.7 Å². The Morgan fingerprint density at radius 2 is 1.53 bits per heavy atom. The molecule has 0 aromatic heterocycles. The molecule has 0 aliphatic rings. The van der Waals surface area contributed by atoms with Gasteiger partial charge in [-0.05, 0) is 25.7 Å². The fourth-order valence-corrected chi connectivity index (χ4v) is 1.51. The molecule has 0 amide bonds. The van der Waals surface area contributed by atoms with Crippen LogP contribution in [-0.4, -0.2) is 25.2 Å². The van der Waals surface area contributed by atoms with Gasteiger partial charge in [-0.2, -0.15) is 0 Å². The predicted octanol–water partition coefficient (Wildman–Crippen LogP) is 2.19. The van der Waals surface area contributed by atoms with Crippen molar-refractivity contribution >= 4 is 11.9 Å². The van der Waals surface area contributed by atoms with Crippen molar-refractivity contribution in [3.05, 3.63) is 12.7 Å². The molecule has 17 heavy (non-hydrogen) atoms. The quantitative estimate of drug-likeness (QED) is 0.390. The third-order valence-corrected chi connectivity index (χ3v) is 2.81. The summed E-state index contributed by atoms with van der Waals surface area (Å²) in [5.74, 6) is -2.07. The molecule has 0 bridgehead atoms. The molecule has 0 saturated heterocycles. The summed E-state index contributed by atoms with van der Waals surface area (Å²) in [5, 5.41) is 0. The summed E-state index contributed by atoms with van der Waals surface area (Å²) >= 11 is 0. The van der Waals surface area contributed by atoms with Gasteiger partial charge in [0.05, 0.1) is 13.2 Å². The van der Waals surface area contributed by atoms with Gasteiger partial charge in [-0.3, -0.25) is 9.59 Å². The van der Waals surface area contributed by atoms with Crippen molar-refractivity contribution in [2.24, 2.45) is 17.8 Å². The Kier molecular flexibility index (Phi) is 7.26. The Morgan fingerprint density at radius 3 is 1.82 bits per heavy atom. The van der Waals surface area contributed by atoms with E-state index in [1.807, 2.05) is 13.8 Å². The van der Waals surface area contributed by atoms with Crippen molar-refractivity contribution < 1.29 is 19.1 Å². The van der Waals surface area contributed by atoms with Crippen LogP contribution in [0.25, 0.3) is 0 Å². The molecule has 0 aliphatic carbocycles. The first-order chi connectivity index (χ1) is 7.99. The third-order valence-electron chi connectivity index (χ3n) is 2.81. The van der Waals surface area contributed by atoms with E-state index in [2.05, 4.69) is 6.58 Å². The van der Waals surface area contributed by atoms with E-state index in [9.17, 15) is 9.59 Å². The lowest BCUT2D eigenvalue weighted by Gasteiger charge is -2.23. The Balaban J connectivity index is 4.89. The minimum atomic E-state index is -0.872. The van der Waals surface area contributed by atoms with Crippen LogP contribution in [0, 0.1) is 17.8 Å². The molecule has 0 spiro atoms. The van der Waals surface area contributed by atoms with Crippen molar-refractivity contribution in [3.63, 3.8) is 0 Å². The summed E-state index contributed by atoms with van der Waals surface area (Å²) in [7, 11) is 0. The summed E-state index contributed by atoms with van der Waals surface area (Å²) in [6.07, 6.45) is 1.72. The first-order valence-corrected chi connectivity index (χ1v) is 5.95. The molecule has 0 aromatic carbocycles. The molecule has 0 fully saturated rings. The maximum absolute atomic E-state index is 11.8. The third kappa shape index (κ3) is 4.59. The number of rotatable bonds is 7. The standard InChI is InChI=1S/C13H22O4/c1-6-9(4)10(5)11(12(14)16-7-2)13(15)17-8-3/h6,9-11H,1,7-8H2,2-5H3/t9-,10-/m0/s1. The van der Waals surface area contributed by atoms with Gasteiger partial charge in [0.25, 0.3) is 0 Å². The Labute approximate surface area is 103 Å². The second kappa shape index (κ2) is 7.87. The highest BCUT2D eigenvalue weighted by Crippen LogP contribution is 2.24. The first kappa shape index (κ1) is 15.7. The van der Waals surface area contributed by atoms with Crippen LogP contribution in [0.4, 0.5) is 0 Å². The second-order valence-corrected chi connectivity index (χ2v) is 3.94. The molecule has 4 nitrogen and oxygen atoms in total. The Morgan fingerprint density at radius 1 is 1.12 bits per heavy atom. The number of carbonyl (C=O) groups excluding carboxylic acids is 2. The molecule has 0 saturated carbocycles. The lowest BCUT2D eigenvalue weighted by atomic mass is 9.84. The fourth-order valence-electron chi connectivity index (χ4n) is 1.51. The number of allylic oxidation sites excluding steroid dienone is 1. The highest BCUT2D eigenvalue weighted by molar-refractivity contribution is 5.95. The van der Waals surface area contributed by atoms with Gasteiger partial charge >= 0.3 is 11.9 Å². The van der Waals surface area contributed by atoms with Crippen molar-refractivity contribution in [2.45, 2.75) is 27.7 Å². The highest BCUT2D eigenvalue weighted by atomic mass is 16.6. The van der Waals surface area contributed by atoms with Gasteiger partial charge in [-0.1, -0.05) is 19.9 Å². The van der Waals surface area contributed by atoms with Crippen LogP contribution < -0.4 is 0 Å². The van der Waals surface area contributed by atoms with Crippen LogP contribution in [0.3, 0.4) is 0 Å². The molecule has 0 aromatic rings. The van der Waals surface area contributed by atoms with E-state index in [4.69, 9.17) is 9.47 Å². The summed E-state index contributed by atoms with van der Waals surface area (Å²) < 4.78 is 9.83. The lowest BCUT2D eigenvalue weighted by Crippen LogP contribution is -2.35. The van der Waals surface area contributed by atoms with Gasteiger partial charge in [-0.15, -0.1) is 6.58 Å². The first-order valence-electron chi connectivity index (χ1n) is 5.95. The molecule has 0 rings (SSSR count). The van der Waals surface area contributed by atoms with Gasteiger partial charge < -0.3 is 9.47 Å². The number of hydrogen-bond acceptors (Lipinski definition) is 4. The minimum Gasteiger partial charge on any atom is -0.465 e. The average molecular weight is 242 g/mol. The zero-order valence-corrected chi connectivity index (χ0v) is 11.1. The van der Waals surface area contributed by atoms with Gasteiger partial charge in [0.1, 0.15) is 0 Å². The normalized spacial score (nSPS) is 13.9. The number of hydrogen-bond donors (Lipinski definition) is 0. The highest BCUT2D eigenvalue weighted by Gasteiger charge is 2.36. The van der Waals surface area contributed by atoms with E-state index in [1.54, 1.807) is 19.9 Å². The van der Waals surface area contributed by atoms with Crippen LogP contribution in [0.2, 0.25) is 0 Å². The summed E-state index contributed by atoms with van der Waals surface area (Å²) in [5.41, 5.74) is 0. The molecule has 0 N–H and O–H groups in total. The molecule has 0 unspecified atom stereocenters. The molecular weight excluding hydrogens is 220 g/mol. The Bertz CT molecular complexity index is 255. The van der Waals surface area contributed by atoms with Crippen LogP contribution >= 0.6 is 0 Å². The average Bonchev–Trinajstić information content (AvgIpc) is 2.28. The monoisotopic (exact) mass is 242 g/mol. The van der Waals surface area contributed by atoms with E-state index in [-0.39, 0.29) is 25.0 Å². The SMILES string of the molecule is C=C[C@H](C)[C@H](C)C(C(=O)OCC)C(=O)OCC. The topological polar surface area (TPSA) is 52.6 Å². The van der Waals surface area contributed by atoms with Crippen LogP contribution in [0.5, 0.6) is 0 Å². The van der Waals surface area contributed by atoms with Gasteiger partial charge in [0.15, 0.2) is 5.92 Å². The van der Waals surface area contributed by atoms with E-state index in [0.29, 0.717) is 0 Å². The summed E-state index contributed by atoms with van der Waals surface area (Å²) in [6.45, 7) is 11.3. The van der Waals surface area contributed by atoms with Gasteiger partial charge in [-0.25, -0.2) is 0 Å². The molecule has 4 heteroatoms. The largest absolute Gasteiger partial charge is 0.465 e. The number of ether oxygens (including phenoxy) is 2. The number of esters is 2. The van der Waals surface area contributed by atoms with E-state index < -0.39 is 17.9 Å². The second-order valence-electron chi connectivity index (χ2n) is 3.94. The van der Waals surface area contributed by atoms with Crippen molar-refractivity contribution in [1.29, 1.82) is 0 Å². The molecule has 0 heterocycles. The molecule has 0 aliphatic heterocycles. The summed E-state index contributed by atoms with van der Waals surface area (Å²) in [4.78, 5) is 23.5. The lowest BCUT2D eigenvalue weighted by molar-refractivity contribution is -0.164. The van der Waals surface area contributed by atoms with Crippen molar-refractivity contribution in [1.82, 2.24) is 0 Å². The fraction of sp³-hybridized carbons (Fsp3) is 0.692. The minimum absolute atomic E-state index is 0.0359. The molecular formula is C13H22O4. The molecule has 2 atom stereocenters. The number of carbonyl (C=O) groups is 2. The smallest absolute Gasteiger partial charge is 0.320 e. The maximum Gasteiger partial charge on any atom is 0.320 e. The summed E-state index contributed by atoms with van der Waals surface area (Å²) in [6, 6.07) is 0. The van der Waals surface area contributed by atoms with Crippen LogP contribution in [0.1, 0.15) is 27.7 Å². The van der Waals surface area contributed by atoms with Crippen LogP contribution in [-0.2, 0) is 19.1 Å². The van der Waals surface area contributed by atoms with Crippen molar-refractivity contribution in [2.75, 3.05) is 13.2 Å². The predicted molar refractivity (Wildman–Crippen MR) is 65.3 cm³/mol. The van der Waals surface area contributed by atoms with Gasteiger partial charge in [0.2, 0.25) is 0 Å². The van der Waals surface area contributed by atoms with Gasteiger partial charge in [0, 0.05) is 0 Å². The maximum atomic E-state index is 11.8. The van der Waals surface area contributed by atoms with E-state index in [0.717, 1.165) is 0 Å².